The highest BCUT2D eigenvalue weighted by Crippen LogP contribution is 2.30. The molecular weight excluding hydrogens is 285 g/mol. The third-order valence-corrected chi connectivity index (χ3v) is 3.26. The minimum atomic E-state index is -4.62. The molecule has 0 aliphatic carbocycles. The van der Waals surface area contributed by atoms with E-state index in [2.05, 4.69) is 0 Å². The van der Waals surface area contributed by atoms with E-state index in [0.717, 1.165) is 30.6 Å². The van der Waals surface area contributed by atoms with Crippen LogP contribution in [-0.2, 0) is 21.0 Å². The third-order valence-electron chi connectivity index (χ3n) is 1.94. The number of amides is 1. The van der Waals surface area contributed by atoms with Crippen LogP contribution in [0.15, 0.2) is 41.6 Å². The second-order valence-electron chi connectivity index (χ2n) is 3.26. The van der Waals surface area contributed by atoms with Crippen LogP contribution in [0.1, 0.15) is 5.56 Å². The van der Waals surface area contributed by atoms with E-state index < -0.39 is 26.7 Å². The molecule has 0 radical (unpaired) electrons. The Labute approximate surface area is 107 Å². The molecule has 1 rings (SSSR count). The average Bonchev–Trinajstić information content (AvgIpc) is 2.34. The zero-order valence-corrected chi connectivity index (χ0v) is 10.1. The van der Waals surface area contributed by atoms with Gasteiger partial charge in [-0.3, -0.25) is 9.52 Å². The molecule has 0 unspecified atom stereocenters. The molecule has 0 aliphatic heterocycles. The molecule has 0 fully saturated rings. The largest absolute Gasteiger partial charge is 0.416 e. The normalized spacial score (nSPS) is 12.4. The molecule has 0 bridgehead atoms. The Morgan fingerprint density at radius 3 is 2.42 bits per heavy atom. The van der Waals surface area contributed by atoms with E-state index in [9.17, 15) is 26.4 Å². The summed E-state index contributed by atoms with van der Waals surface area (Å²) in [5.41, 5.74) is -1.06. The lowest BCUT2D eigenvalue weighted by Crippen LogP contribution is -2.19. The van der Waals surface area contributed by atoms with Gasteiger partial charge in [-0.2, -0.15) is 13.2 Å². The Morgan fingerprint density at radius 1 is 1.16 bits per heavy atom. The minimum Gasteiger partial charge on any atom is -0.334 e. The first-order valence-electron chi connectivity index (χ1n) is 4.81. The maximum absolute atomic E-state index is 12.4. The fraction of sp³-hybridized carbons (Fsp3) is 0.100. The number of nitrogens with one attached hydrogen (secondary N) is 2. The summed E-state index contributed by atoms with van der Waals surface area (Å²) in [6, 6.07) is 3.30. The topological polar surface area (TPSA) is 75.3 Å². The molecule has 9 heteroatoms. The van der Waals surface area contributed by atoms with Crippen molar-refractivity contribution < 1.29 is 26.4 Å². The van der Waals surface area contributed by atoms with E-state index in [1.54, 1.807) is 0 Å². The zero-order chi connectivity index (χ0) is 14.5. The lowest BCUT2D eigenvalue weighted by atomic mass is 10.2. The first kappa shape index (κ1) is 15.0. The average molecular weight is 294 g/mol. The van der Waals surface area contributed by atoms with Gasteiger partial charge in [-0.15, -0.1) is 0 Å². The first-order chi connectivity index (χ1) is 8.77. The van der Waals surface area contributed by atoms with Crippen molar-refractivity contribution in [1.82, 2.24) is 10.0 Å². The highest BCUT2D eigenvalue weighted by atomic mass is 32.2. The number of halogens is 3. The number of sulfonamides is 1. The van der Waals surface area contributed by atoms with Gasteiger partial charge < -0.3 is 5.32 Å². The molecule has 5 nitrogen and oxygen atoms in total. The van der Waals surface area contributed by atoms with Crippen LogP contribution in [0.5, 0.6) is 0 Å². The Hall–Kier alpha value is -2.03. The van der Waals surface area contributed by atoms with Crippen LogP contribution in [0.4, 0.5) is 13.2 Å². The van der Waals surface area contributed by atoms with Gasteiger partial charge in [0, 0.05) is 12.4 Å². The van der Waals surface area contributed by atoms with Gasteiger partial charge in [0.05, 0.1) is 10.5 Å². The Kier molecular flexibility index (Phi) is 4.54. The minimum absolute atomic E-state index is 0.301. The van der Waals surface area contributed by atoms with Crippen molar-refractivity contribution in [2.45, 2.75) is 11.1 Å². The van der Waals surface area contributed by atoms with Gasteiger partial charge in [0.25, 0.3) is 10.0 Å². The fourth-order valence-electron chi connectivity index (χ4n) is 1.12. The lowest BCUT2D eigenvalue weighted by Gasteiger charge is -2.09. The third kappa shape index (κ3) is 4.28. The SMILES string of the molecule is O=CN/C=C\NS(=O)(=O)c1cccc(C(F)(F)F)c1. The van der Waals surface area contributed by atoms with Crippen molar-refractivity contribution in [1.29, 1.82) is 0 Å². The molecule has 0 aromatic heterocycles. The zero-order valence-electron chi connectivity index (χ0n) is 9.31. The highest BCUT2D eigenvalue weighted by Gasteiger charge is 2.31. The molecule has 1 aromatic carbocycles. The Morgan fingerprint density at radius 2 is 1.84 bits per heavy atom. The molecule has 0 saturated carbocycles. The smallest absolute Gasteiger partial charge is 0.334 e. The van der Waals surface area contributed by atoms with Gasteiger partial charge in [-0.05, 0) is 18.2 Å². The van der Waals surface area contributed by atoms with Crippen molar-refractivity contribution in [3.63, 3.8) is 0 Å². The number of alkyl halides is 3. The summed E-state index contributed by atoms with van der Waals surface area (Å²) in [5.74, 6) is 0. The second kappa shape index (κ2) is 5.74. The molecule has 19 heavy (non-hydrogen) atoms. The molecule has 1 aromatic rings. The van der Waals surface area contributed by atoms with Crippen LogP contribution in [0.3, 0.4) is 0 Å². The van der Waals surface area contributed by atoms with Crippen molar-refractivity contribution in [3.05, 3.63) is 42.2 Å². The molecule has 0 atom stereocenters. The monoisotopic (exact) mass is 294 g/mol. The number of carbonyl (C=O) groups excluding carboxylic acids is 1. The molecular formula is C10H9F3N2O3S. The van der Waals surface area contributed by atoms with E-state index in [4.69, 9.17) is 0 Å². The Balaban J connectivity index is 2.99. The molecule has 0 aliphatic rings. The molecule has 1 amide bonds. The number of carbonyl (C=O) groups is 1. The summed E-state index contributed by atoms with van der Waals surface area (Å²) >= 11 is 0. The predicted octanol–water partition coefficient (Wildman–Crippen LogP) is 1.20. The van der Waals surface area contributed by atoms with Crippen molar-refractivity contribution in [2.75, 3.05) is 0 Å². The number of hydrogen-bond acceptors (Lipinski definition) is 3. The van der Waals surface area contributed by atoms with Gasteiger partial charge in [0.1, 0.15) is 0 Å². The van der Waals surface area contributed by atoms with Gasteiger partial charge in [-0.25, -0.2) is 8.42 Å². The van der Waals surface area contributed by atoms with Gasteiger partial charge in [0.2, 0.25) is 6.41 Å². The highest BCUT2D eigenvalue weighted by molar-refractivity contribution is 7.89. The van der Waals surface area contributed by atoms with Crippen LogP contribution < -0.4 is 10.0 Å². The number of rotatable bonds is 5. The standard InChI is InChI=1S/C10H9F3N2O3S/c11-10(12,13)8-2-1-3-9(6-8)19(17,18)15-5-4-14-7-16/h1-7,15H,(H,14,16)/b5-4-. The molecule has 104 valence electrons. The second-order valence-corrected chi connectivity index (χ2v) is 4.98. The summed E-state index contributed by atoms with van der Waals surface area (Å²) in [4.78, 5) is 9.36. The number of benzene rings is 1. The predicted molar refractivity (Wildman–Crippen MR) is 60.1 cm³/mol. The van der Waals surface area contributed by atoms with Gasteiger partial charge >= 0.3 is 6.18 Å². The molecule has 0 spiro atoms. The van der Waals surface area contributed by atoms with E-state index >= 15 is 0 Å². The summed E-state index contributed by atoms with van der Waals surface area (Å²) in [6.07, 6.45) is -2.46. The first-order valence-corrected chi connectivity index (χ1v) is 6.30. The quantitative estimate of drug-likeness (QED) is 0.801. The van der Waals surface area contributed by atoms with E-state index in [0.29, 0.717) is 12.5 Å². The summed E-state index contributed by atoms with van der Waals surface area (Å²) in [6.45, 7) is 0. The molecule has 0 saturated heterocycles. The van der Waals surface area contributed by atoms with Crippen molar-refractivity contribution in [3.8, 4) is 0 Å². The van der Waals surface area contributed by atoms with Crippen LogP contribution >= 0.6 is 0 Å². The summed E-state index contributed by atoms with van der Waals surface area (Å²) in [7, 11) is -4.12. The molecule has 0 heterocycles. The molecule has 2 N–H and O–H groups in total. The Bertz CT molecular complexity index is 582. The van der Waals surface area contributed by atoms with Crippen molar-refractivity contribution in [2.24, 2.45) is 0 Å². The van der Waals surface area contributed by atoms with E-state index in [-0.39, 0.29) is 0 Å². The van der Waals surface area contributed by atoms with Gasteiger partial charge in [0.15, 0.2) is 0 Å². The van der Waals surface area contributed by atoms with Crippen LogP contribution in [-0.4, -0.2) is 14.8 Å². The summed E-state index contributed by atoms with van der Waals surface area (Å²) in [5, 5.41) is 2.04. The fourth-order valence-corrected chi connectivity index (χ4v) is 2.04. The van der Waals surface area contributed by atoms with Crippen LogP contribution in [0.25, 0.3) is 0 Å². The maximum atomic E-state index is 12.4. The van der Waals surface area contributed by atoms with Crippen LogP contribution in [0, 0.1) is 0 Å². The maximum Gasteiger partial charge on any atom is 0.416 e. The lowest BCUT2D eigenvalue weighted by molar-refractivity contribution is -0.137. The van der Waals surface area contributed by atoms with Crippen LogP contribution in [0.2, 0.25) is 0 Å². The van der Waals surface area contributed by atoms with E-state index in [1.165, 1.54) is 0 Å². The van der Waals surface area contributed by atoms with E-state index in [1.807, 2.05) is 10.0 Å². The van der Waals surface area contributed by atoms with Crippen molar-refractivity contribution >= 4 is 16.4 Å². The number of hydrogen-bond donors (Lipinski definition) is 2. The summed E-state index contributed by atoms with van der Waals surface area (Å²) < 4.78 is 62.4. The van der Waals surface area contributed by atoms with Gasteiger partial charge in [-0.1, -0.05) is 6.07 Å².